The maximum atomic E-state index is 12.7. The van der Waals surface area contributed by atoms with Gasteiger partial charge in [0, 0.05) is 10.9 Å². The first-order valence-electron chi connectivity index (χ1n) is 5.90. The molecular formula is C11H10BrN3O4S2. The number of imidazole rings is 1. The van der Waals surface area contributed by atoms with Crippen LogP contribution < -0.4 is 0 Å². The quantitative estimate of drug-likeness (QED) is 0.823. The summed E-state index contributed by atoms with van der Waals surface area (Å²) in [5.74, 6) is -1.18. The van der Waals surface area contributed by atoms with E-state index in [2.05, 4.69) is 25.9 Å². The van der Waals surface area contributed by atoms with Gasteiger partial charge in [-0.3, -0.25) is 4.79 Å². The Hall–Kier alpha value is -1.23. The molecule has 0 radical (unpaired) electrons. The van der Waals surface area contributed by atoms with Gasteiger partial charge in [0.2, 0.25) is 0 Å². The van der Waals surface area contributed by atoms with Crippen LogP contribution in [0, 0.1) is 0 Å². The summed E-state index contributed by atoms with van der Waals surface area (Å²) in [7, 11) is -3.89. The lowest BCUT2D eigenvalue weighted by Gasteiger charge is -2.30. The normalized spacial score (nSPS) is 19.4. The van der Waals surface area contributed by atoms with Crippen LogP contribution in [-0.4, -0.2) is 39.8 Å². The molecule has 1 aliphatic heterocycles. The molecule has 0 amide bonds. The summed E-state index contributed by atoms with van der Waals surface area (Å²) in [5.41, 5.74) is 1.22. The Morgan fingerprint density at radius 2 is 2.33 bits per heavy atom. The van der Waals surface area contributed by atoms with Crippen LogP contribution in [-0.2, 0) is 27.8 Å². The number of hydrogen-bond acceptors (Lipinski definition) is 5. The molecule has 2 aromatic rings. The monoisotopic (exact) mass is 391 g/mol. The van der Waals surface area contributed by atoms with Crippen molar-refractivity contribution in [2.45, 2.75) is 23.2 Å². The molecule has 3 heterocycles. The van der Waals surface area contributed by atoms with Crippen LogP contribution >= 0.6 is 27.3 Å². The number of nitrogens with zero attached hydrogens (tertiary/aromatic N) is 2. The molecule has 1 atom stereocenters. The number of thiophene rings is 1. The van der Waals surface area contributed by atoms with Crippen LogP contribution in [0.15, 0.2) is 26.5 Å². The van der Waals surface area contributed by atoms with Crippen molar-refractivity contribution >= 4 is 43.3 Å². The second-order valence-electron chi connectivity index (χ2n) is 4.49. The van der Waals surface area contributed by atoms with E-state index in [4.69, 9.17) is 0 Å². The minimum absolute atomic E-state index is 0.0288. The van der Waals surface area contributed by atoms with Crippen molar-refractivity contribution in [2.75, 3.05) is 0 Å². The predicted octanol–water partition coefficient (Wildman–Crippen LogP) is 1.43. The summed E-state index contributed by atoms with van der Waals surface area (Å²) < 4.78 is 27.0. The molecule has 0 bridgehead atoms. The minimum Gasteiger partial charge on any atom is -0.480 e. The molecule has 7 nitrogen and oxygen atoms in total. The zero-order valence-electron chi connectivity index (χ0n) is 10.5. The maximum Gasteiger partial charge on any atom is 0.322 e. The van der Waals surface area contributed by atoms with Gasteiger partial charge >= 0.3 is 5.97 Å². The number of halogens is 1. The number of carbonyl (C=O) groups is 1. The summed E-state index contributed by atoms with van der Waals surface area (Å²) >= 11 is 4.24. The number of hydrogen-bond donors (Lipinski definition) is 2. The van der Waals surface area contributed by atoms with E-state index >= 15 is 0 Å². The van der Waals surface area contributed by atoms with E-state index in [-0.39, 0.29) is 17.2 Å². The number of aromatic nitrogens is 2. The first-order chi connectivity index (χ1) is 9.91. The van der Waals surface area contributed by atoms with Gasteiger partial charge in [-0.05, 0) is 27.4 Å². The zero-order valence-corrected chi connectivity index (χ0v) is 13.7. The smallest absolute Gasteiger partial charge is 0.322 e. The lowest BCUT2D eigenvalue weighted by Crippen LogP contribution is -2.48. The maximum absolute atomic E-state index is 12.7. The first kappa shape index (κ1) is 14.7. The lowest BCUT2D eigenvalue weighted by atomic mass is 10.1. The molecule has 0 saturated carbocycles. The number of rotatable bonds is 3. The third-order valence-corrected chi connectivity index (χ3v) is 7.77. The highest BCUT2D eigenvalue weighted by atomic mass is 79.9. The first-order valence-corrected chi connectivity index (χ1v) is 9.01. The van der Waals surface area contributed by atoms with Crippen LogP contribution in [0.5, 0.6) is 0 Å². The van der Waals surface area contributed by atoms with Gasteiger partial charge in [-0.25, -0.2) is 13.4 Å². The third kappa shape index (κ3) is 2.41. The van der Waals surface area contributed by atoms with E-state index < -0.39 is 22.0 Å². The van der Waals surface area contributed by atoms with Gasteiger partial charge in [0.25, 0.3) is 10.0 Å². The standard InChI is InChI=1S/C11H10BrN3O4S2/c12-6-1-2-20-11(6)21(18,19)15-4-8-7(13-5-14-8)3-9(15)10(16)17/h1-2,5,9H,3-4H2,(H,13,14)(H,16,17). The SMILES string of the molecule is O=C(O)C1Cc2nc[nH]c2CN1S(=O)(=O)c1sccc1Br. The van der Waals surface area contributed by atoms with Crippen molar-refractivity contribution in [3.05, 3.63) is 33.6 Å². The molecule has 0 spiro atoms. The number of H-pyrrole nitrogens is 1. The Bertz CT molecular complexity index is 798. The average Bonchev–Trinajstić information content (AvgIpc) is 3.04. The number of aromatic amines is 1. The largest absolute Gasteiger partial charge is 0.480 e. The second-order valence-corrected chi connectivity index (χ2v) is 8.35. The van der Waals surface area contributed by atoms with Gasteiger partial charge in [-0.2, -0.15) is 4.31 Å². The van der Waals surface area contributed by atoms with Gasteiger partial charge in [-0.1, -0.05) is 0 Å². The molecule has 3 rings (SSSR count). The molecule has 112 valence electrons. The molecule has 21 heavy (non-hydrogen) atoms. The number of sulfonamides is 1. The van der Waals surface area contributed by atoms with Crippen molar-refractivity contribution in [1.82, 2.24) is 14.3 Å². The van der Waals surface area contributed by atoms with Crippen LogP contribution in [0.3, 0.4) is 0 Å². The van der Waals surface area contributed by atoms with Gasteiger partial charge in [0.15, 0.2) is 0 Å². The summed E-state index contributed by atoms with van der Waals surface area (Å²) in [6, 6.07) is 0.471. The number of carboxylic acids is 1. The molecule has 0 aromatic carbocycles. The second kappa shape index (κ2) is 5.20. The van der Waals surface area contributed by atoms with Crippen LogP contribution in [0.25, 0.3) is 0 Å². The zero-order chi connectivity index (χ0) is 15.2. The van der Waals surface area contributed by atoms with E-state index in [9.17, 15) is 18.3 Å². The summed E-state index contributed by atoms with van der Waals surface area (Å²) in [6.07, 6.45) is 1.50. The number of carboxylic acid groups (broad SMARTS) is 1. The fraction of sp³-hybridized carbons (Fsp3) is 0.273. The van der Waals surface area contributed by atoms with Gasteiger partial charge in [0.05, 0.1) is 24.3 Å². The lowest BCUT2D eigenvalue weighted by molar-refractivity contribution is -0.141. The molecule has 2 N–H and O–H groups in total. The van der Waals surface area contributed by atoms with Crippen LogP contribution in [0.2, 0.25) is 0 Å². The van der Waals surface area contributed by atoms with Crippen molar-refractivity contribution in [1.29, 1.82) is 0 Å². The molecular weight excluding hydrogens is 382 g/mol. The Balaban J connectivity index is 2.07. The molecule has 2 aromatic heterocycles. The number of fused-ring (bicyclic) bond motifs is 1. The highest BCUT2D eigenvalue weighted by molar-refractivity contribution is 9.10. The predicted molar refractivity (Wildman–Crippen MR) is 78.5 cm³/mol. The average molecular weight is 392 g/mol. The number of nitrogens with one attached hydrogen (secondary N) is 1. The Kier molecular flexibility index (Phi) is 3.64. The van der Waals surface area contributed by atoms with Gasteiger partial charge in [0.1, 0.15) is 10.3 Å². The molecule has 0 aliphatic carbocycles. The third-order valence-electron chi connectivity index (χ3n) is 3.27. The molecule has 1 unspecified atom stereocenters. The van der Waals surface area contributed by atoms with E-state index in [1.54, 1.807) is 11.4 Å². The topological polar surface area (TPSA) is 103 Å². The highest BCUT2D eigenvalue weighted by Crippen LogP contribution is 2.34. The molecule has 1 aliphatic rings. The van der Waals surface area contributed by atoms with Crippen molar-refractivity contribution < 1.29 is 18.3 Å². The summed E-state index contributed by atoms with van der Waals surface area (Å²) in [4.78, 5) is 18.3. The summed E-state index contributed by atoms with van der Waals surface area (Å²) in [5, 5.41) is 11.0. The number of aliphatic carboxylic acids is 1. The van der Waals surface area contributed by atoms with Crippen molar-refractivity contribution in [2.24, 2.45) is 0 Å². The van der Waals surface area contributed by atoms with Gasteiger partial charge < -0.3 is 10.1 Å². The Morgan fingerprint density at radius 3 is 2.95 bits per heavy atom. The van der Waals surface area contributed by atoms with E-state index in [0.717, 1.165) is 15.6 Å². The van der Waals surface area contributed by atoms with E-state index in [0.29, 0.717) is 15.9 Å². The van der Waals surface area contributed by atoms with Crippen molar-refractivity contribution in [3.8, 4) is 0 Å². The highest BCUT2D eigenvalue weighted by Gasteiger charge is 2.41. The fourth-order valence-electron chi connectivity index (χ4n) is 2.25. The van der Waals surface area contributed by atoms with E-state index in [1.807, 2.05) is 0 Å². The minimum atomic E-state index is -3.89. The van der Waals surface area contributed by atoms with Gasteiger partial charge in [-0.15, -0.1) is 11.3 Å². The van der Waals surface area contributed by atoms with Crippen LogP contribution in [0.1, 0.15) is 11.4 Å². The van der Waals surface area contributed by atoms with E-state index in [1.165, 1.54) is 6.33 Å². The Morgan fingerprint density at radius 1 is 1.57 bits per heavy atom. The van der Waals surface area contributed by atoms with Crippen molar-refractivity contribution in [3.63, 3.8) is 0 Å². The molecule has 10 heteroatoms. The Labute approximate surface area is 132 Å². The fourth-order valence-corrected chi connectivity index (χ4v) is 6.22. The molecule has 0 saturated heterocycles. The van der Waals surface area contributed by atoms with Crippen LogP contribution in [0.4, 0.5) is 0 Å². The summed E-state index contributed by atoms with van der Waals surface area (Å²) in [6.45, 7) is -0.0288. The molecule has 0 fully saturated rings.